The van der Waals surface area contributed by atoms with Crippen LogP contribution in [-0.2, 0) is 0 Å². The molecule has 0 amide bonds. The van der Waals surface area contributed by atoms with Crippen LogP contribution in [0.25, 0.3) is 0 Å². The summed E-state index contributed by atoms with van der Waals surface area (Å²) in [5.41, 5.74) is 0. The van der Waals surface area contributed by atoms with E-state index in [2.05, 4.69) is 21.0 Å². The third-order valence-corrected chi connectivity index (χ3v) is 4.03. The topological polar surface area (TPSA) is 0 Å². The molecule has 0 saturated carbocycles. The molecule has 0 atom stereocenters. The number of unbranched alkanes of at least 4 members (excludes halogenated alkanes) is 8. The average molecular weight is 404 g/mol. The van der Waals surface area contributed by atoms with Crippen LogP contribution in [0.15, 0.2) is 0 Å². The molecule has 0 radical (unpaired) electrons. The summed E-state index contributed by atoms with van der Waals surface area (Å²) in [4.78, 5) is 0. The molecule has 0 saturated heterocycles. The van der Waals surface area contributed by atoms with Crippen LogP contribution in [-0.4, -0.2) is 37.5 Å². The predicted molar refractivity (Wildman–Crippen MR) is 84.4 cm³/mol. The van der Waals surface area contributed by atoms with Gasteiger partial charge in [-0.2, -0.15) is 0 Å². The molecule has 0 aliphatic carbocycles. The highest BCUT2D eigenvalue weighted by atomic mass is 127. The Balaban J connectivity index is 0. The van der Waals surface area contributed by atoms with Crippen molar-refractivity contribution in [3.8, 4) is 0 Å². The molecule has 0 aliphatic heterocycles. The minimum absolute atomic E-state index is 0. The number of hydrogen-bond acceptors (Lipinski definition) is 0. The molecule has 118 valence electrons. The minimum Gasteiger partial charge on any atom is -1.00 e. The summed E-state index contributed by atoms with van der Waals surface area (Å²) in [6.45, 7) is 4.82. The Kier molecular flexibility index (Phi) is 18.0. The lowest BCUT2D eigenvalue weighted by Gasteiger charge is -2.29. The minimum atomic E-state index is 0. The number of halogens is 2. The van der Waals surface area contributed by atoms with Crippen molar-refractivity contribution in [3.63, 3.8) is 0 Å². The molecule has 0 aromatic heterocycles. The van der Waals surface area contributed by atoms with E-state index in [0.717, 1.165) is 16.8 Å². The van der Waals surface area contributed by atoms with E-state index in [-0.39, 0.29) is 24.0 Å². The lowest BCUT2D eigenvalue weighted by Crippen LogP contribution is -3.00. The lowest BCUT2D eigenvalue weighted by atomic mass is 10.1. The Morgan fingerprint density at radius 1 is 0.684 bits per heavy atom. The smallest absolute Gasteiger partial charge is 0.0794 e. The SMILES string of the molecule is CCCCCCCCCCC[N+](C)(C)CCCCl.[I-]. The van der Waals surface area contributed by atoms with Crippen molar-refractivity contribution in [1.82, 2.24) is 0 Å². The first-order chi connectivity index (χ1) is 8.62. The summed E-state index contributed by atoms with van der Waals surface area (Å²) in [5, 5.41) is 0. The second-order valence-corrected chi connectivity index (χ2v) is 6.63. The maximum absolute atomic E-state index is 5.75. The van der Waals surface area contributed by atoms with Gasteiger partial charge in [0.15, 0.2) is 0 Å². The fraction of sp³-hybridized carbons (Fsp3) is 1.00. The quantitative estimate of drug-likeness (QED) is 0.191. The van der Waals surface area contributed by atoms with Gasteiger partial charge in [-0.15, -0.1) is 11.6 Å². The molecule has 0 aromatic rings. The molecule has 0 fully saturated rings. The van der Waals surface area contributed by atoms with Gasteiger partial charge in [0.05, 0.1) is 27.2 Å². The molecule has 0 N–H and O–H groups in total. The number of rotatable bonds is 13. The molecular formula is C16H35ClIN. The third kappa shape index (κ3) is 16.9. The maximum atomic E-state index is 5.75. The van der Waals surface area contributed by atoms with Crippen molar-refractivity contribution in [1.29, 1.82) is 0 Å². The van der Waals surface area contributed by atoms with E-state index in [4.69, 9.17) is 11.6 Å². The highest BCUT2D eigenvalue weighted by Crippen LogP contribution is 2.11. The van der Waals surface area contributed by atoms with Crippen LogP contribution in [0.1, 0.15) is 71.1 Å². The summed E-state index contributed by atoms with van der Waals surface area (Å²) < 4.78 is 1.14. The van der Waals surface area contributed by atoms with Crippen molar-refractivity contribution in [2.75, 3.05) is 33.1 Å². The third-order valence-electron chi connectivity index (χ3n) is 3.76. The molecule has 0 bridgehead atoms. The highest BCUT2D eigenvalue weighted by molar-refractivity contribution is 6.17. The lowest BCUT2D eigenvalue weighted by molar-refractivity contribution is -0.890. The maximum Gasteiger partial charge on any atom is 0.0794 e. The van der Waals surface area contributed by atoms with Crippen molar-refractivity contribution in [2.45, 2.75) is 71.1 Å². The van der Waals surface area contributed by atoms with Crippen molar-refractivity contribution < 1.29 is 28.5 Å². The number of alkyl halides is 1. The number of nitrogens with zero attached hydrogens (tertiary/aromatic N) is 1. The summed E-state index contributed by atoms with van der Waals surface area (Å²) in [7, 11) is 4.66. The van der Waals surface area contributed by atoms with Gasteiger partial charge >= 0.3 is 0 Å². The van der Waals surface area contributed by atoms with E-state index in [0.29, 0.717) is 0 Å². The van der Waals surface area contributed by atoms with Crippen molar-refractivity contribution in [3.05, 3.63) is 0 Å². The van der Waals surface area contributed by atoms with Crippen LogP contribution in [0.3, 0.4) is 0 Å². The fourth-order valence-electron chi connectivity index (χ4n) is 2.45. The van der Waals surface area contributed by atoms with E-state index in [1.54, 1.807) is 0 Å². The van der Waals surface area contributed by atoms with Crippen molar-refractivity contribution >= 4 is 11.6 Å². The van der Waals surface area contributed by atoms with Gasteiger partial charge in [0, 0.05) is 12.3 Å². The zero-order valence-corrected chi connectivity index (χ0v) is 16.3. The first kappa shape index (κ1) is 22.3. The van der Waals surface area contributed by atoms with Gasteiger partial charge in [0.2, 0.25) is 0 Å². The van der Waals surface area contributed by atoms with Crippen LogP contribution in [0.4, 0.5) is 0 Å². The Labute approximate surface area is 144 Å². The first-order valence-electron chi connectivity index (χ1n) is 8.00. The van der Waals surface area contributed by atoms with Crippen molar-refractivity contribution in [2.24, 2.45) is 0 Å². The van der Waals surface area contributed by atoms with E-state index in [1.165, 1.54) is 70.9 Å². The van der Waals surface area contributed by atoms with Gasteiger partial charge in [0.25, 0.3) is 0 Å². The van der Waals surface area contributed by atoms with Crippen LogP contribution < -0.4 is 24.0 Å². The van der Waals surface area contributed by atoms with Gasteiger partial charge in [-0.05, 0) is 12.8 Å². The molecule has 0 heterocycles. The molecule has 0 unspecified atom stereocenters. The Hall–Kier alpha value is 0.980. The Morgan fingerprint density at radius 3 is 1.58 bits per heavy atom. The molecular weight excluding hydrogens is 369 g/mol. The summed E-state index contributed by atoms with van der Waals surface area (Å²) in [5.74, 6) is 0.805. The second-order valence-electron chi connectivity index (χ2n) is 6.25. The Bertz CT molecular complexity index is 174. The normalized spacial score (nSPS) is 11.4. The predicted octanol–water partition coefficient (Wildman–Crippen LogP) is 2.23. The van der Waals surface area contributed by atoms with E-state index in [9.17, 15) is 0 Å². The molecule has 19 heavy (non-hydrogen) atoms. The molecule has 0 aliphatic rings. The highest BCUT2D eigenvalue weighted by Gasteiger charge is 2.12. The second kappa shape index (κ2) is 15.4. The molecule has 0 spiro atoms. The van der Waals surface area contributed by atoms with Gasteiger partial charge in [-0.3, -0.25) is 0 Å². The van der Waals surface area contributed by atoms with Crippen LogP contribution in [0, 0.1) is 0 Å². The number of hydrogen-bond donors (Lipinski definition) is 0. The van der Waals surface area contributed by atoms with Gasteiger partial charge in [0.1, 0.15) is 0 Å². The van der Waals surface area contributed by atoms with Gasteiger partial charge < -0.3 is 28.5 Å². The monoisotopic (exact) mass is 403 g/mol. The standard InChI is InChI=1S/C16H35ClN.HI/c1-4-5-6-7-8-9-10-11-12-15-18(2,3)16-13-14-17;/h4-16H2,1-3H3;1H/q+1;/p-1. The molecule has 0 aromatic carbocycles. The van der Waals surface area contributed by atoms with Gasteiger partial charge in [-0.25, -0.2) is 0 Å². The zero-order chi connectivity index (χ0) is 13.7. The molecule has 0 rings (SSSR count). The number of quaternary nitrogens is 1. The van der Waals surface area contributed by atoms with Gasteiger partial charge in [-0.1, -0.05) is 51.9 Å². The summed E-state index contributed by atoms with van der Waals surface area (Å²) in [6, 6.07) is 0. The average Bonchev–Trinajstić information content (AvgIpc) is 2.34. The van der Waals surface area contributed by atoms with Crippen LogP contribution >= 0.6 is 11.6 Å². The Morgan fingerprint density at radius 2 is 1.11 bits per heavy atom. The van der Waals surface area contributed by atoms with Crippen LogP contribution in [0.5, 0.6) is 0 Å². The van der Waals surface area contributed by atoms with Crippen LogP contribution in [0.2, 0.25) is 0 Å². The zero-order valence-electron chi connectivity index (χ0n) is 13.4. The van der Waals surface area contributed by atoms with E-state index in [1.807, 2.05) is 0 Å². The van der Waals surface area contributed by atoms with E-state index >= 15 is 0 Å². The molecule has 3 heteroatoms. The summed E-state index contributed by atoms with van der Waals surface area (Å²) in [6.07, 6.45) is 13.9. The fourth-order valence-corrected chi connectivity index (χ4v) is 2.57. The van der Waals surface area contributed by atoms with E-state index < -0.39 is 0 Å². The largest absolute Gasteiger partial charge is 1.00 e. The summed E-state index contributed by atoms with van der Waals surface area (Å²) >= 11 is 5.75. The first-order valence-corrected chi connectivity index (χ1v) is 8.54. The molecule has 1 nitrogen and oxygen atoms in total.